The highest BCUT2D eigenvalue weighted by Gasteiger charge is 2.34. The van der Waals surface area contributed by atoms with Crippen molar-refractivity contribution in [2.24, 2.45) is 5.92 Å². The molecule has 0 aliphatic carbocycles. The molecule has 1 rings (SSSR count). The summed E-state index contributed by atoms with van der Waals surface area (Å²) in [6, 6.07) is -1.37. The molecule has 0 unspecified atom stereocenters. The Bertz CT molecular complexity index is 1170. The van der Waals surface area contributed by atoms with Crippen LogP contribution < -0.4 is 10.6 Å². The SMILES string of the molecule is C[Si](C)(CCCC(C(=O)O)C(=O)O)O[Si](C)(C)CSc1ncc(CCC(=O)CC[C@H](NC(=O)NCCCC(=O)O)C(=O)O)cn1. The monoisotopic (exact) mass is 688 g/mol. The number of nitrogens with zero attached hydrogens (tertiary/aromatic N) is 2. The van der Waals surface area contributed by atoms with Crippen molar-refractivity contribution in [1.82, 2.24) is 20.6 Å². The van der Waals surface area contributed by atoms with E-state index in [0.29, 0.717) is 29.4 Å². The van der Waals surface area contributed by atoms with Crippen LogP contribution in [0.4, 0.5) is 4.79 Å². The zero-order valence-electron chi connectivity index (χ0n) is 26.0. The summed E-state index contributed by atoms with van der Waals surface area (Å²) >= 11 is 1.46. The standard InChI is InChI=1S/C27H44N4O11SSi2/c1-44(2,14-6-7-20(23(35)36)24(37)38)42-45(3,4)17-43-27-29-15-18(16-30-27)9-10-19(32)11-12-21(25(39)40)31-26(41)28-13-5-8-22(33)34/h15-16,20-21H,5-14,17H2,1-4H3,(H,33,34)(H,35,36)(H,37,38)(H,39,40)(H2,28,31,41)/t21-/m0/s1. The third-order valence-electron chi connectivity index (χ3n) is 6.51. The molecule has 0 aromatic carbocycles. The van der Waals surface area contributed by atoms with E-state index in [4.69, 9.17) is 19.4 Å². The Balaban J connectivity index is 2.47. The van der Waals surface area contributed by atoms with Crippen LogP contribution in [0.2, 0.25) is 32.2 Å². The summed E-state index contributed by atoms with van der Waals surface area (Å²) in [7, 11) is -4.33. The fourth-order valence-corrected chi connectivity index (χ4v) is 14.7. The Morgan fingerprint density at radius 2 is 1.47 bits per heavy atom. The summed E-state index contributed by atoms with van der Waals surface area (Å²) in [5.41, 5.74) is 0.740. The summed E-state index contributed by atoms with van der Waals surface area (Å²) in [5.74, 6) is -6.54. The first-order valence-electron chi connectivity index (χ1n) is 14.5. The number of urea groups is 1. The molecule has 252 valence electrons. The fourth-order valence-electron chi connectivity index (χ4n) is 4.32. The number of carbonyl (C=O) groups is 6. The van der Waals surface area contributed by atoms with Crippen LogP contribution >= 0.6 is 11.8 Å². The molecule has 1 heterocycles. The first-order chi connectivity index (χ1) is 20.9. The zero-order chi connectivity index (χ0) is 34.2. The number of Topliss-reactive ketones (excluding diaryl/α,β-unsaturated/α-hetero) is 1. The number of carboxylic acids is 4. The second-order valence-corrected chi connectivity index (χ2v) is 21.9. The second kappa shape index (κ2) is 19.2. The van der Waals surface area contributed by atoms with Crippen molar-refractivity contribution < 1.29 is 53.3 Å². The van der Waals surface area contributed by atoms with E-state index >= 15 is 0 Å². The Labute approximate surface area is 268 Å². The third-order valence-corrected chi connectivity index (χ3v) is 16.3. The van der Waals surface area contributed by atoms with Gasteiger partial charge in [-0.15, -0.1) is 0 Å². The number of ketones is 1. The predicted molar refractivity (Wildman–Crippen MR) is 169 cm³/mol. The van der Waals surface area contributed by atoms with Gasteiger partial charge in [0, 0.05) is 43.6 Å². The molecule has 0 spiro atoms. The van der Waals surface area contributed by atoms with Crippen molar-refractivity contribution in [3.63, 3.8) is 0 Å². The number of carboxylic acid groups (broad SMARTS) is 4. The number of aromatic nitrogens is 2. The van der Waals surface area contributed by atoms with Gasteiger partial charge in [0.1, 0.15) is 11.8 Å². The van der Waals surface area contributed by atoms with Crippen LogP contribution in [0.15, 0.2) is 17.6 Å². The van der Waals surface area contributed by atoms with Crippen LogP contribution in [0, 0.1) is 5.92 Å². The van der Waals surface area contributed by atoms with E-state index in [-0.39, 0.29) is 50.9 Å². The molecule has 0 saturated carbocycles. The molecule has 6 N–H and O–H groups in total. The molecular weight excluding hydrogens is 645 g/mol. The van der Waals surface area contributed by atoms with E-state index in [0.717, 1.165) is 5.56 Å². The molecule has 1 aromatic rings. The summed E-state index contributed by atoms with van der Waals surface area (Å²) in [6.07, 6.45) is 4.24. The highest BCUT2D eigenvalue weighted by Crippen LogP contribution is 2.26. The van der Waals surface area contributed by atoms with Crippen LogP contribution in [0.3, 0.4) is 0 Å². The van der Waals surface area contributed by atoms with Gasteiger partial charge in [0.05, 0.1) is 0 Å². The van der Waals surface area contributed by atoms with Crippen LogP contribution in [-0.4, -0.2) is 101 Å². The molecule has 0 aliphatic heterocycles. The van der Waals surface area contributed by atoms with Crippen LogP contribution in [0.5, 0.6) is 0 Å². The molecular formula is C27H44N4O11SSi2. The first-order valence-corrected chi connectivity index (χ1v) is 21.7. The fraction of sp³-hybridized carbons (Fsp3) is 0.630. The van der Waals surface area contributed by atoms with Crippen LogP contribution in [-0.2, 0) is 34.5 Å². The summed E-state index contributed by atoms with van der Waals surface area (Å²) < 4.78 is 6.53. The van der Waals surface area contributed by atoms with Crippen molar-refractivity contribution in [2.45, 2.75) is 94.8 Å². The Morgan fingerprint density at radius 3 is 2.02 bits per heavy atom. The Hall–Kier alpha value is -3.36. The number of thioether (sulfide) groups is 1. The minimum Gasteiger partial charge on any atom is -0.481 e. The van der Waals surface area contributed by atoms with E-state index in [1.807, 2.05) is 13.1 Å². The molecule has 0 saturated heterocycles. The highest BCUT2D eigenvalue weighted by atomic mass is 32.2. The molecule has 15 nitrogen and oxygen atoms in total. The Kier molecular flexibility index (Phi) is 16.9. The van der Waals surface area contributed by atoms with Gasteiger partial charge >= 0.3 is 29.9 Å². The van der Waals surface area contributed by atoms with E-state index in [1.54, 1.807) is 12.4 Å². The van der Waals surface area contributed by atoms with Gasteiger partial charge in [0.15, 0.2) is 27.7 Å². The molecule has 0 aliphatic rings. The van der Waals surface area contributed by atoms with Gasteiger partial charge in [-0.05, 0) is 63.5 Å². The van der Waals surface area contributed by atoms with Crippen molar-refractivity contribution in [1.29, 1.82) is 0 Å². The molecule has 2 amide bonds. The molecule has 0 bridgehead atoms. The summed E-state index contributed by atoms with van der Waals surface area (Å²) in [4.78, 5) is 77.2. The molecule has 45 heavy (non-hydrogen) atoms. The highest BCUT2D eigenvalue weighted by molar-refractivity contribution is 8.00. The van der Waals surface area contributed by atoms with E-state index in [2.05, 4.69) is 33.7 Å². The first kappa shape index (κ1) is 39.7. The molecule has 1 atom stereocenters. The maximum absolute atomic E-state index is 12.4. The number of nitrogens with one attached hydrogen (secondary N) is 2. The average Bonchev–Trinajstić information content (AvgIpc) is 2.92. The normalized spacial score (nSPS) is 12.4. The minimum atomic E-state index is -2.17. The molecule has 0 fully saturated rings. The quantitative estimate of drug-likeness (QED) is 0.0318. The maximum Gasteiger partial charge on any atom is 0.326 e. The average molecular weight is 689 g/mol. The largest absolute Gasteiger partial charge is 0.481 e. The number of hydrogen-bond acceptors (Lipinski definition) is 10. The lowest BCUT2D eigenvalue weighted by molar-refractivity contribution is -0.155. The van der Waals surface area contributed by atoms with Crippen molar-refractivity contribution in [2.75, 3.05) is 11.9 Å². The van der Waals surface area contributed by atoms with Crippen molar-refractivity contribution in [3.8, 4) is 0 Å². The van der Waals surface area contributed by atoms with Crippen molar-refractivity contribution in [3.05, 3.63) is 18.0 Å². The van der Waals surface area contributed by atoms with Gasteiger partial charge in [-0.2, -0.15) is 0 Å². The lowest BCUT2D eigenvalue weighted by Crippen LogP contribution is -2.46. The van der Waals surface area contributed by atoms with Gasteiger partial charge in [0.2, 0.25) is 0 Å². The van der Waals surface area contributed by atoms with E-state index < -0.39 is 58.5 Å². The zero-order valence-corrected chi connectivity index (χ0v) is 28.9. The number of aryl methyl sites for hydroxylation is 1. The van der Waals surface area contributed by atoms with Gasteiger partial charge in [0.25, 0.3) is 0 Å². The molecule has 1 aromatic heterocycles. The maximum atomic E-state index is 12.4. The lowest BCUT2D eigenvalue weighted by atomic mass is 10.0. The van der Waals surface area contributed by atoms with Gasteiger partial charge < -0.3 is 35.2 Å². The topological polar surface area (TPSA) is 242 Å². The number of amides is 2. The number of rotatable bonds is 23. The van der Waals surface area contributed by atoms with Crippen LogP contribution in [0.1, 0.15) is 50.5 Å². The van der Waals surface area contributed by atoms with Gasteiger partial charge in [-0.25, -0.2) is 19.6 Å². The molecule has 18 heteroatoms. The molecule has 0 radical (unpaired) electrons. The van der Waals surface area contributed by atoms with Gasteiger partial charge in [-0.1, -0.05) is 18.2 Å². The summed E-state index contributed by atoms with van der Waals surface area (Å²) in [6.45, 7) is 8.30. The van der Waals surface area contributed by atoms with Crippen molar-refractivity contribution >= 4 is 64.1 Å². The van der Waals surface area contributed by atoms with E-state index in [1.165, 1.54) is 11.8 Å². The number of hydrogen-bond donors (Lipinski definition) is 6. The smallest absolute Gasteiger partial charge is 0.326 e. The minimum absolute atomic E-state index is 0.0515. The number of aliphatic carboxylic acids is 4. The van der Waals surface area contributed by atoms with Gasteiger partial charge in [-0.3, -0.25) is 19.2 Å². The van der Waals surface area contributed by atoms with Crippen LogP contribution in [0.25, 0.3) is 0 Å². The third kappa shape index (κ3) is 17.6. The predicted octanol–water partition coefficient (Wildman–Crippen LogP) is 3.00. The second-order valence-electron chi connectivity index (χ2n) is 11.8. The lowest BCUT2D eigenvalue weighted by Gasteiger charge is -2.33. The van der Waals surface area contributed by atoms with E-state index in [9.17, 15) is 33.9 Å². The number of carbonyl (C=O) groups excluding carboxylic acids is 2. The Morgan fingerprint density at radius 1 is 0.844 bits per heavy atom. The summed E-state index contributed by atoms with van der Waals surface area (Å²) in [5, 5.41) is 42.0.